The van der Waals surface area contributed by atoms with Gasteiger partial charge in [0.15, 0.2) is 11.6 Å². The maximum Gasteiger partial charge on any atom is 0.416 e. The third-order valence-corrected chi connectivity index (χ3v) is 4.23. The molecule has 0 aliphatic carbocycles. The molecule has 29 heavy (non-hydrogen) atoms. The third kappa shape index (κ3) is 5.91. The quantitative estimate of drug-likeness (QED) is 0.512. The molecular formula is C18H13Cl3F3N5. The zero-order chi connectivity index (χ0) is 21.1. The van der Waals surface area contributed by atoms with E-state index >= 15 is 0 Å². The molecule has 0 atom stereocenters. The predicted molar refractivity (Wildman–Crippen MR) is 106 cm³/mol. The molecule has 11 heteroatoms. The number of halogens is 6. The standard InChI is InChI=1S/C18H13Cl3F3N5/c19-17(20,21)15-27-14(11-4-3-5-12(10-11)18(22,23)24)28-16(29-15)26-9-7-13-6-1-2-8-25-13/h1-6,8,10H,7,9H2,(H,26,27,28,29). The second-order valence-electron chi connectivity index (χ2n) is 5.88. The lowest BCUT2D eigenvalue weighted by atomic mass is 10.1. The van der Waals surface area contributed by atoms with Gasteiger partial charge in [-0.2, -0.15) is 23.1 Å². The SMILES string of the molecule is FC(F)(F)c1cccc(-c2nc(NCCc3ccccn3)nc(C(Cl)(Cl)Cl)n2)c1. The van der Waals surface area contributed by atoms with E-state index in [-0.39, 0.29) is 23.2 Å². The summed E-state index contributed by atoms with van der Waals surface area (Å²) in [5.41, 5.74) is 0.120. The predicted octanol–water partition coefficient (Wildman–Crippen LogP) is 5.43. The number of alkyl halides is 6. The van der Waals surface area contributed by atoms with Crippen molar-refractivity contribution in [3.63, 3.8) is 0 Å². The maximum atomic E-state index is 13.0. The number of benzene rings is 1. The van der Waals surface area contributed by atoms with Gasteiger partial charge in [-0.15, -0.1) is 0 Å². The van der Waals surface area contributed by atoms with Gasteiger partial charge in [-0.05, 0) is 24.3 Å². The molecular weight excluding hydrogens is 450 g/mol. The van der Waals surface area contributed by atoms with Crippen molar-refractivity contribution in [3.05, 3.63) is 65.7 Å². The fourth-order valence-electron chi connectivity index (χ4n) is 2.39. The van der Waals surface area contributed by atoms with Crippen LogP contribution in [0.3, 0.4) is 0 Å². The zero-order valence-electron chi connectivity index (χ0n) is 14.6. The topological polar surface area (TPSA) is 63.6 Å². The maximum absolute atomic E-state index is 13.0. The van der Waals surface area contributed by atoms with Crippen LogP contribution in [0.2, 0.25) is 0 Å². The third-order valence-electron chi connectivity index (χ3n) is 3.73. The monoisotopic (exact) mass is 461 g/mol. The number of aromatic nitrogens is 4. The van der Waals surface area contributed by atoms with Crippen molar-refractivity contribution in [2.45, 2.75) is 16.4 Å². The largest absolute Gasteiger partial charge is 0.416 e. The average molecular weight is 463 g/mol. The number of rotatable bonds is 5. The van der Waals surface area contributed by atoms with Gasteiger partial charge in [-0.25, -0.2) is 4.98 Å². The fourth-order valence-corrected chi connectivity index (χ4v) is 2.65. The normalized spacial score (nSPS) is 12.1. The second kappa shape index (κ2) is 8.69. The molecule has 1 N–H and O–H groups in total. The summed E-state index contributed by atoms with van der Waals surface area (Å²) in [7, 11) is 0. The number of nitrogens with zero attached hydrogens (tertiary/aromatic N) is 4. The van der Waals surface area contributed by atoms with Crippen molar-refractivity contribution in [1.82, 2.24) is 19.9 Å². The molecule has 3 aromatic rings. The van der Waals surface area contributed by atoms with Crippen LogP contribution in [0.4, 0.5) is 19.1 Å². The lowest BCUT2D eigenvalue weighted by Crippen LogP contribution is -2.15. The summed E-state index contributed by atoms with van der Waals surface area (Å²) < 4.78 is 37.1. The highest BCUT2D eigenvalue weighted by atomic mass is 35.6. The summed E-state index contributed by atoms with van der Waals surface area (Å²) in [4.78, 5) is 16.5. The van der Waals surface area contributed by atoms with Crippen molar-refractivity contribution < 1.29 is 13.2 Å². The fraction of sp³-hybridized carbons (Fsp3) is 0.222. The van der Waals surface area contributed by atoms with Gasteiger partial charge in [-0.3, -0.25) is 4.98 Å². The number of hydrogen-bond acceptors (Lipinski definition) is 5. The molecule has 0 aliphatic heterocycles. The minimum absolute atomic E-state index is 0.0484. The molecule has 0 saturated heterocycles. The van der Waals surface area contributed by atoms with Gasteiger partial charge in [0.1, 0.15) is 0 Å². The molecule has 0 saturated carbocycles. The van der Waals surface area contributed by atoms with Crippen LogP contribution >= 0.6 is 34.8 Å². The Kier molecular flexibility index (Phi) is 6.45. The first-order chi connectivity index (χ1) is 13.6. The Morgan fingerprint density at radius 3 is 2.38 bits per heavy atom. The number of hydrogen-bond donors (Lipinski definition) is 1. The van der Waals surface area contributed by atoms with E-state index in [9.17, 15) is 13.2 Å². The minimum Gasteiger partial charge on any atom is -0.354 e. The molecule has 0 radical (unpaired) electrons. The highest BCUT2D eigenvalue weighted by Crippen LogP contribution is 2.37. The van der Waals surface area contributed by atoms with Gasteiger partial charge in [0, 0.05) is 30.4 Å². The van der Waals surface area contributed by atoms with Gasteiger partial charge in [-0.1, -0.05) is 53.0 Å². The highest BCUT2D eigenvalue weighted by molar-refractivity contribution is 6.66. The summed E-state index contributed by atoms with van der Waals surface area (Å²) in [6, 6.07) is 10.1. The highest BCUT2D eigenvalue weighted by Gasteiger charge is 2.32. The van der Waals surface area contributed by atoms with Crippen LogP contribution in [-0.4, -0.2) is 26.5 Å². The summed E-state index contributed by atoms with van der Waals surface area (Å²) in [6.07, 6.45) is -2.27. The average Bonchev–Trinajstić information content (AvgIpc) is 2.67. The summed E-state index contributed by atoms with van der Waals surface area (Å²) >= 11 is 17.7. The van der Waals surface area contributed by atoms with E-state index in [1.165, 1.54) is 12.1 Å². The lowest BCUT2D eigenvalue weighted by molar-refractivity contribution is -0.137. The van der Waals surface area contributed by atoms with E-state index in [2.05, 4.69) is 25.3 Å². The van der Waals surface area contributed by atoms with Crippen molar-refractivity contribution in [3.8, 4) is 11.4 Å². The van der Waals surface area contributed by atoms with Crippen molar-refractivity contribution in [2.75, 3.05) is 11.9 Å². The van der Waals surface area contributed by atoms with Gasteiger partial charge in [0.2, 0.25) is 9.74 Å². The first-order valence-corrected chi connectivity index (χ1v) is 9.41. The molecule has 0 fully saturated rings. The van der Waals surface area contributed by atoms with Crippen molar-refractivity contribution in [1.29, 1.82) is 0 Å². The molecule has 0 aliphatic rings. The first kappa shape index (κ1) is 21.5. The Balaban J connectivity index is 1.90. The Bertz CT molecular complexity index is 978. The van der Waals surface area contributed by atoms with Crippen molar-refractivity contribution >= 4 is 40.8 Å². The van der Waals surface area contributed by atoms with Crippen LogP contribution in [0.25, 0.3) is 11.4 Å². The van der Waals surface area contributed by atoms with Crippen LogP contribution in [0, 0.1) is 0 Å². The molecule has 0 bridgehead atoms. The molecule has 0 unspecified atom stereocenters. The van der Waals surface area contributed by atoms with E-state index in [4.69, 9.17) is 34.8 Å². The van der Waals surface area contributed by atoms with Crippen LogP contribution in [0.1, 0.15) is 17.1 Å². The van der Waals surface area contributed by atoms with Gasteiger partial charge in [0.05, 0.1) is 5.56 Å². The summed E-state index contributed by atoms with van der Waals surface area (Å²) in [6.45, 7) is 0.405. The summed E-state index contributed by atoms with van der Waals surface area (Å²) in [5.74, 6) is -0.178. The molecule has 2 aromatic heterocycles. The molecule has 5 nitrogen and oxygen atoms in total. The Labute approximate surface area is 179 Å². The Hall–Kier alpha value is -2.16. The Morgan fingerprint density at radius 2 is 1.72 bits per heavy atom. The van der Waals surface area contributed by atoms with E-state index < -0.39 is 15.5 Å². The van der Waals surface area contributed by atoms with Crippen LogP contribution in [-0.2, 0) is 16.4 Å². The summed E-state index contributed by atoms with van der Waals surface area (Å²) in [5, 5.41) is 2.96. The van der Waals surface area contributed by atoms with Gasteiger partial charge < -0.3 is 5.32 Å². The minimum atomic E-state index is -4.51. The molecule has 152 valence electrons. The first-order valence-electron chi connectivity index (χ1n) is 8.27. The van der Waals surface area contributed by atoms with Crippen LogP contribution in [0.15, 0.2) is 48.7 Å². The Morgan fingerprint density at radius 1 is 0.931 bits per heavy atom. The van der Waals surface area contributed by atoms with E-state index in [1.807, 2.05) is 12.1 Å². The smallest absolute Gasteiger partial charge is 0.354 e. The van der Waals surface area contributed by atoms with Crippen molar-refractivity contribution in [2.24, 2.45) is 0 Å². The molecule has 3 rings (SSSR count). The zero-order valence-corrected chi connectivity index (χ0v) is 16.9. The van der Waals surface area contributed by atoms with Gasteiger partial charge >= 0.3 is 6.18 Å². The number of pyridine rings is 1. The lowest BCUT2D eigenvalue weighted by Gasteiger charge is -2.14. The molecule has 0 amide bonds. The molecule has 1 aromatic carbocycles. The second-order valence-corrected chi connectivity index (χ2v) is 8.16. The van der Waals surface area contributed by atoms with Gasteiger partial charge in [0.25, 0.3) is 0 Å². The molecule has 0 spiro atoms. The van der Waals surface area contributed by atoms with E-state index in [0.717, 1.165) is 17.8 Å². The van der Waals surface area contributed by atoms with E-state index in [0.29, 0.717) is 13.0 Å². The van der Waals surface area contributed by atoms with Crippen LogP contribution in [0.5, 0.6) is 0 Å². The number of anilines is 1. The molecule has 2 heterocycles. The number of nitrogens with one attached hydrogen (secondary N) is 1. The van der Waals surface area contributed by atoms with E-state index in [1.54, 1.807) is 12.3 Å². The van der Waals surface area contributed by atoms with Crippen LogP contribution < -0.4 is 5.32 Å².